The highest BCUT2D eigenvalue weighted by Gasteiger charge is 2.34. The van der Waals surface area contributed by atoms with Gasteiger partial charge < -0.3 is 20.3 Å². The largest absolute Gasteiger partial charge is 0.497 e. The zero-order valence-corrected chi connectivity index (χ0v) is 20.1. The van der Waals surface area contributed by atoms with Gasteiger partial charge in [0.1, 0.15) is 11.8 Å². The number of halogens is 2. The third-order valence-corrected chi connectivity index (χ3v) is 6.14. The molecule has 1 aliphatic rings. The molecule has 1 fully saturated rings. The van der Waals surface area contributed by atoms with Gasteiger partial charge >= 0.3 is 0 Å². The molecule has 1 heterocycles. The maximum absolute atomic E-state index is 14.1. The first kappa shape index (κ1) is 26.1. The van der Waals surface area contributed by atoms with Crippen LogP contribution in [0.1, 0.15) is 44.2 Å². The first-order valence-electron chi connectivity index (χ1n) is 11.6. The summed E-state index contributed by atoms with van der Waals surface area (Å²) in [6.07, 6.45) is 0.627. The summed E-state index contributed by atoms with van der Waals surface area (Å²) in [5.41, 5.74) is 0.946. The highest BCUT2D eigenvalue weighted by Crippen LogP contribution is 2.25. The number of hydrogen-bond donors (Lipinski definition) is 2. The van der Waals surface area contributed by atoms with Crippen LogP contribution in [0.2, 0.25) is 0 Å². The Morgan fingerprint density at radius 3 is 2.51 bits per heavy atom. The molecule has 0 saturated carbocycles. The summed E-state index contributed by atoms with van der Waals surface area (Å²) in [6, 6.07) is 9.89. The molecule has 0 aromatic heterocycles. The predicted octanol–water partition coefficient (Wildman–Crippen LogP) is 3.31. The molecule has 2 N–H and O–H groups in total. The van der Waals surface area contributed by atoms with E-state index in [-0.39, 0.29) is 48.6 Å². The molecule has 0 bridgehead atoms. The predicted molar refractivity (Wildman–Crippen MR) is 126 cm³/mol. The zero-order chi connectivity index (χ0) is 25.5. The van der Waals surface area contributed by atoms with Crippen LogP contribution in [0.5, 0.6) is 5.75 Å². The number of nitrogens with zero attached hydrogens (tertiary/aromatic N) is 1. The lowest BCUT2D eigenvalue weighted by molar-refractivity contribution is -0.132. The van der Waals surface area contributed by atoms with Gasteiger partial charge in [-0.2, -0.15) is 0 Å². The Labute approximate surface area is 203 Å². The van der Waals surface area contributed by atoms with Crippen molar-refractivity contribution in [1.82, 2.24) is 15.5 Å². The SMILES string of the molecule is COc1ccc(CNC(=O)C(NC(=O)C[C@@H]2CCC(=O)N2Cc2cccc(F)c2F)C(C)C)cc1. The molecule has 0 radical (unpaired) electrons. The van der Waals surface area contributed by atoms with Crippen molar-refractivity contribution in [3.63, 3.8) is 0 Å². The van der Waals surface area contributed by atoms with Crippen LogP contribution < -0.4 is 15.4 Å². The summed E-state index contributed by atoms with van der Waals surface area (Å²) < 4.78 is 32.8. The van der Waals surface area contributed by atoms with Gasteiger partial charge in [-0.15, -0.1) is 0 Å². The van der Waals surface area contributed by atoms with Crippen LogP contribution in [0.25, 0.3) is 0 Å². The van der Waals surface area contributed by atoms with Crippen molar-refractivity contribution in [3.8, 4) is 5.75 Å². The molecule has 3 amide bonds. The van der Waals surface area contributed by atoms with Crippen LogP contribution in [0, 0.1) is 17.6 Å². The Morgan fingerprint density at radius 2 is 1.86 bits per heavy atom. The van der Waals surface area contributed by atoms with Gasteiger partial charge in [0, 0.05) is 37.5 Å². The maximum Gasteiger partial charge on any atom is 0.243 e. The molecule has 1 aliphatic heterocycles. The lowest BCUT2D eigenvalue weighted by atomic mass is 10.0. The third kappa shape index (κ3) is 6.77. The molecular weight excluding hydrogens is 456 g/mol. The summed E-state index contributed by atoms with van der Waals surface area (Å²) in [6.45, 7) is 3.84. The summed E-state index contributed by atoms with van der Waals surface area (Å²) in [5.74, 6) is -2.35. The first-order valence-corrected chi connectivity index (χ1v) is 11.6. The Kier molecular flexibility index (Phi) is 8.78. The van der Waals surface area contributed by atoms with Gasteiger partial charge in [-0.25, -0.2) is 8.78 Å². The number of amides is 3. The summed E-state index contributed by atoms with van der Waals surface area (Å²) in [7, 11) is 1.58. The number of methoxy groups -OCH3 is 1. The lowest BCUT2D eigenvalue weighted by Gasteiger charge is -2.27. The Morgan fingerprint density at radius 1 is 1.14 bits per heavy atom. The van der Waals surface area contributed by atoms with E-state index in [4.69, 9.17) is 4.74 Å². The van der Waals surface area contributed by atoms with E-state index in [1.807, 2.05) is 26.0 Å². The lowest BCUT2D eigenvalue weighted by Crippen LogP contribution is -2.50. The third-order valence-electron chi connectivity index (χ3n) is 6.14. The van der Waals surface area contributed by atoms with E-state index >= 15 is 0 Å². The highest BCUT2D eigenvalue weighted by atomic mass is 19.2. The van der Waals surface area contributed by atoms with E-state index in [0.29, 0.717) is 18.7 Å². The number of carbonyl (C=O) groups is 3. The monoisotopic (exact) mass is 487 g/mol. The summed E-state index contributed by atoms with van der Waals surface area (Å²) in [5, 5.41) is 5.62. The van der Waals surface area contributed by atoms with Crippen molar-refractivity contribution in [2.24, 2.45) is 5.92 Å². The van der Waals surface area contributed by atoms with E-state index in [9.17, 15) is 23.2 Å². The summed E-state index contributed by atoms with van der Waals surface area (Å²) in [4.78, 5) is 39.4. The second kappa shape index (κ2) is 11.8. The minimum atomic E-state index is -0.996. The number of hydrogen-bond acceptors (Lipinski definition) is 4. The molecule has 7 nitrogen and oxygen atoms in total. The molecule has 3 rings (SSSR count). The van der Waals surface area contributed by atoms with Crippen molar-refractivity contribution < 1.29 is 27.9 Å². The van der Waals surface area contributed by atoms with Crippen molar-refractivity contribution in [1.29, 1.82) is 0 Å². The molecule has 0 spiro atoms. The molecule has 188 valence electrons. The van der Waals surface area contributed by atoms with E-state index in [1.165, 1.54) is 17.0 Å². The number of ether oxygens (including phenoxy) is 1. The van der Waals surface area contributed by atoms with Gasteiger partial charge in [-0.05, 0) is 36.1 Å². The minimum Gasteiger partial charge on any atom is -0.497 e. The van der Waals surface area contributed by atoms with Crippen LogP contribution in [-0.2, 0) is 27.5 Å². The normalized spacial score (nSPS) is 16.3. The smallest absolute Gasteiger partial charge is 0.243 e. The van der Waals surface area contributed by atoms with Gasteiger partial charge in [-0.1, -0.05) is 38.1 Å². The maximum atomic E-state index is 14.1. The molecule has 0 aliphatic carbocycles. The average molecular weight is 488 g/mol. The van der Waals surface area contributed by atoms with E-state index in [1.54, 1.807) is 19.2 Å². The Balaban J connectivity index is 1.58. The Hall–Kier alpha value is -3.49. The number of carbonyl (C=O) groups excluding carboxylic acids is 3. The molecule has 2 atom stereocenters. The molecule has 35 heavy (non-hydrogen) atoms. The van der Waals surface area contributed by atoms with Crippen LogP contribution in [0.4, 0.5) is 8.78 Å². The molecule has 1 saturated heterocycles. The summed E-state index contributed by atoms with van der Waals surface area (Å²) >= 11 is 0. The van der Waals surface area contributed by atoms with Crippen LogP contribution >= 0.6 is 0 Å². The number of benzene rings is 2. The second-order valence-electron chi connectivity index (χ2n) is 8.99. The minimum absolute atomic E-state index is 0.0301. The topological polar surface area (TPSA) is 87.7 Å². The fourth-order valence-electron chi connectivity index (χ4n) is 4.10. The molecule has 2 aromatic rings. The van der Waals surface area contributed by atoms with E-state index in [0.717, 1.165) is 11.6 Å². The fourth-order valence-corrected chi connectivity index (χ4v) is 4.10. The van der Waals surface area contributed by atoms with Crippen molar-refractivity contribution in [2.45, 2.75) is 58.3 Å². The number of rotatable bonds is 10. The average Bonchev–Trinajstić information content (AvgIpc) is 3.17. The molecule has 1 unspecified atom stereocenters. The van der Waals surface area contributed by atoms with E-state index < -0.39 is 23.7 Å². The van der Waals surface area contributed by atoms with Crippen molar-refractivity contribution >= 4 is 17.7 Å². The van der Waals surface area contributed by atoms with Gasteiger partial charge in [0.2, 0.25) is 17.7 Å². The van der Waals surface area contributed by atoms with Gasteiger partial charge in [-0.3, -0.25) is 14.4 Å². The zero-order valence-electron chi connectivity index (χ0n) is 20.1. The van der Waals surface area contributed by atoms with Gasteiger partial charge in [0.05, 0.1) is 7.11 Å². The van der Waals surface area contributed by atoms with Crippen LogP contribution in [-0.4, -0.2) is 41.8 Å². The fraction of sp³-hybridized carbons (Fsp3) is 0.423. The van der Waals surface area contributed by atoms with Crippen LogP contribution in [0.3, 0.4) is 0 Å². The second-order valence-corrected chi connectivity index (χ2v) is 8.99. The van der Waals surface area contributed by atoms with Gasteiger partial charge in [0.15, 0.2) is 11.6 Å². The quantitative estimate of drug-likeness (QED) is 0.538. The van der Waals surface area contributed by atoms with Crippen molar-refractivity contribution in [2.75, 3.05) is 7.11 Å². The Bertz CT molecular complexity index is 1060. The standard InChI is InChI=1S/C26H31F2N3O4/c1-16(2)25(26(34)29-14-17-7-10-20(35-3)11-8-17)30-22(32)13-19-9-12-23(33)31(19)15-18-5-4-6-21(27)24(18)28/h4-8,10-11,16,19,25H,9,12-15H2,1-3H3,(H,29,34)(H,30,32)/t19-,25?/m0/s1. The number of nitrogens with one attached hydrogen (secondary N) is 2. The number of likely N-dealkylation sites (tertiary alicyclic amines) is 1. The molecular formula is C26H31F2N3O4. The highest BCUT2D eigenvalue weighted by molar-refractivity contribution is 5.88. The van der Waals surface area contributed by atoms with Crippen molar-refractivity contribution in [3.05, 3.63) is 65.2 Å². The molecule has 2 aromatic carbocycles. The molecule has 9 heteroatoms. The van der Waals surface area contributed by atoms with E-state index in [2.05, 4.69) is 10.6 Å². The first-order chi connectivity index (χ1) is 16.7. The van der Waals surface area contributed by atoms with Gasteiger partial charge in [0.25, 0.3) is 0 Å². The van der Waals surface area contributed by atoms with Crippen LogP contribution in [0.15, 0.2) is 42.5 Å².